The van der Waals surface area contributed by atoms with Crippen molar-refractivity contribution in [2.75, 3.05) is 12.3 Å². The van der Waals surface area contributed by atoms with Crippen LogP contribution in [0.3, 0.4) is 0 Å². The summed E-state index contributed by atoms with van der Waals surface area (Å²) in [7, 11) is 0. The summed E-state index contributed by atoms with van der Waals surface area (Å²) >= 11 is 1.64. The molecule has 2 N–H and O–H groups in total. The van der Waals surface area contributed by atoms with E-state index >= 15 is 0 Å². The van der Waals surface area contributed by atoms with Crippen molar-refractivity contribution in [2.45, 2.75) is 31.5 Å². The van der Waals surface area contributed by atoms with Crippen molar-refractivity contribution in [3.63, 3.8) is 0 Å². The topological polar surface area (TPSA) is 74.6 Å². The summed E-state index contributed by atoms with van der Waals surface area (Å²) in [5, 5.41) is 9.35. The fourth-order valence-corrected chi connectivity index (χ4v) is 3.47. The van der Waals surface area contributed by atoms with Crippen molar-refractivity contribution in [1.82, 2.24) is 24.3 Å². The number of hydrogen-bond donors (Lipinski definition) is 1. The van der Waals surface area contributed by atoms with Crippen molar-refractivity contribution in [1.29, 1.82) is 0 Å². The van der Waals surface area contributed by atoms with Crippen LogP contribution in [-0.2, 0) is 13.0 Å². The molecule has 8 heteroatoms. The van der Waals surface area contributed by atoms with Gasteiger partial charge in [-0.25, -0.2) is 9.37 Å². The smallest absolute Gasteiger partial charge is 0.195 e. The third-order valence-electron chi connectivity index (χ3n) is 3.85. The van der Waals surface area contributed by atoms with E-state index in [1.165, 1.54) is 12.1 Å². The highest BCUT2D eigenvalue weighted by Gasteiger charge is 2.14. The van der Waals surface area contributed by atoms with E-state index in [9.17, 15) is 4.39 Å². The minimum absolute atomic E-state index is 0.262. The Morgan fingerprint density at radius 3 is 2.68 bits per heavy atom. The Hall–Kier alpha value is -2.19. The molecule has 0 aliphatic carbocycles. The Morgan fingerprint density at radius 2 is 2.00 bits per heavy atom. The predicted molar refractivity (Wildman–Crippen MR) is 96.4 cm³/mol. The fourth-order valence-electron chi connectivity index (χ4n) is 2.57. The summed E-state index contributed by atoms with van der Waals surface area (Å²) in [5.41, 5.74) is 6.52. The zero-order valence-electron chi connectivity index (χ0n) is 14.1. The van der Waals surface area contributed by atoms with Crippen molar-refractivity contribution < 1.29 is 4.39 Å². The van der Waals surface area contributed by atoms with Gasteiger partial charge in [0.05, 0.1) is 0 Å². The molecule has 0 atom stereocenters. The second-order valence-electron chi connectivity index (χ2n) is 5.62. The van der Waals surface area contributed by atoms with Gasteiger partial charge in [-0.3, -0.25) is 4.57 Å². The zero-order valence-corrected chi connectivity index (χ0v) is 14.9. The molecule has 0 saturated carbocycles. The lowest BCUT2D eigenvalue weighted by molar-refractivity contribution is 0.627. The second-order valence-corrected chi connectivity index (χ2v) is 6.68. The summed E-state index contributed by atoms with van der Waals surface area (Å²) in [6.45, 7) is 3.40. The number of nitrogens with zero attached hydrogens (tertiary/aromatic N) is 5. The molecule has 2 aromatic heterocycles. The van der Waals surface area contributed by atoms with Crippen molar-refractivity contribution in [3.05, 3.63) is 54.1 Å². The first-order valence-corrected chi connectivity index (χ1v) is 9.18. The number of imidazole rings is 1. The number of thioether (sulfide) groups is 1. The van der Waals surface area contributed by atoms with E-state index in [0.717, 1.165) is 41.2 Å². The first-order valence-electron chi connectivity index (χ1n) is 8.20. The molecule has 3 rings (SSSR count). The Balaban J connectivity index is 1.70. The van der Waals surface area contributed by atoms with Gasteiger partial charge < -0.3 is 10.3 Å². The molecule has 0 fully saturated rings. The van der Waals surface area contributed by atoms with Gasteiger partial charge in [0.1, 0.15) is 17.5 Å². The van der Waals surface area contributed by atoms with Crippen LogP contribution in [-0.4, -0.2) is 36.6 Å². The second kappa shape index (κ2) is 8.26. The van der Waals surface area contributed by atoms with Crippen molar-refractivity contribution in [2.24, 2.45) is 5.73 Å². The summed E-state index contributed by atoms with van der Waals surface area (Å²) < 4.78 is 17.3. The van der Waals surface area contributed by atoms with Gasteiger partial charge >= 0.3 is 0 Å². The average molecular weight is 360 g/mol. The van der Waals surface area contributed by atoms with Crippen LogP contribution >= 0.6 is 11.8 Å². The molecule has 0 saturated heterocycles. The lowest BCUT2D eigenvalue weighted by atomic mass is 10.3. The molecular formula is C17H21FN6S. The lowest BCUT2D eigenvalue weighted by Crippen LogP contribution is -2.09. The molecule has 0 spiro atoms. The first-order chi connectivity index (χ1) is 12.2. The first kappa shape index (κ1) is 17.6. The average Bonchev–Trinajstić information content (AvgIpc) is 3.19. The van der Waals surface area contributed by atoms with Crippen LogP contribution < -0.4 is 5.73 Å². The molecule has 0 bridgehead atoms. The van der Waals surface area contributed by atoms with E-state index in [1.807, 2.05) is 23.9 Å². The Morgan fingerprint density at radius 1 is 1.20 bits per heavy atom. The van der Waals surface area contributed by atoms with Gasteiger partial charge in [0, 0.05) is 36.8 Å². The third kappa shape index (κ3) is 4.26. The van der Waals surface area contributed by atoms with Crippen LogP contribution in [0.4, 0.5) is 4.39 Å². The predicted octanol–water partition coefficient (Wildman–Crippen LogP) is 2.59. The standard InChI is InChI=1S/C17H21FN6S/c1-13-20-9-11-23(13)10-2-12-25-17-22-21-16(7-8-19)24(17)15-5-3-14(18)4-6-15/h3-6,9,11H,2,7-8,10,12,19H2,1H3. The fraction of sp³-hybridized carbons (Fsp3) is 0.353. The monoisotopic (exact) mass is 360 g/mol. The number of nitrogens with two attached hydrogens (primary N) is 1. The lowest BCUT2D eigenvalue weighted by Gasteiger charge is -2.10. The normalized spacial score (nSPS) is 11.2. The molecular weight excluding hydrogens is 339 g/mol. The quantitative estimate of drug-likeness (QED) is 0.494. The summed E-state index contributed by atoms with van der Waals surface area (Å²) in [5.74, 6) is 2.45. The van der Waals surface area contributed by atoms with Gasteiger partial charge in [-0.2, -0.15) is 0 Å². The molecule has 132 valence electrons. The van der Waals surface area contributed by atoms with Crippen molar-refractivity contribution in [3.8, 4) is 5.69 Å². The molecule has 25 heavy (non-hydrogen) atoms. The molecule has 0 aliphatic rings. The minimum Gasteiger partial charge on any atom is -0.335 e. The SMILES string of the molecule is Cc1nccn1CCCSc1nnc(CCN)n1-c1ccc(F)cc1. The zero-order chi connectivity index (χ0) is 17.6. The van der Waals surface area contributed by atoms with Crippen LogP contribution in [0.25, 0.3) is 5.69 Å². The Kier molecular flexibility index (Phi) is 5.83. The summed E-state index contributed by atoms with van der Waals surface area (Å²) in [4.78, 5) is 4.23. The Bertz CT molecular complexity index is 811. The van der Waals surface area contributed by atoms with Gasteiger partial charge in [-0.15, -0.1) is 10.2 Å². The number of halogens is 1. The Labute approximate surface area is 150 Å². The number of hydrogen-bond acceptors (Lipinski definition) is 5. The molecule has 0 amide bonds. The highest BCUT2D eigenvalue weighted by Crippen LogP contribution is 2.23. The van der Waals surface area contributed by atoms with Gasteiger partial charge in [-0.1, -0.05) is 11.8 Å². The number of benzene rings is 1. The molecule has 2 heterocycles. The summed E-state index contributed by atoms with van der Waals surface area (Å²) in [6.07, 6.45) is 5.41. The van der Waals surface area contributed by atoms with E-state index < -0.39 is 0 Å². The molecule has 0 aliphatic heterocycles. The van der Waals surface area contributed by atoms with E-state index in [2.05, 4.69) is 19.7 Å². The number of rotatable bonds is 8. The minimum atomic E-state index is -0.262. The maximum atomic E-state index is 13.2. The van der Waals surface area contributed by atoms with Crippen molar-refractivity contribution >= 4 is 11.8 Å². The molecule has 1 aromatic carbocycles. The molecule has 0 unspecified atom stereocenters. The van der Waals surface area contributed by atoms with E-state index in [1.54, 1.807) is 23.9 Å². The largest absolute Gasteiger partial charge is 0.335 e. The highest BCUT2D eigenvalue weighted by atomic mass is 32.2. The maximum Gasteiger partial charge on any atom is 0.195 e. The van der Waals surface area contributed by atoms with Crippen LogP contribution in [0.2, 0.25) is 0 Å². The van der Waals surface area contributed by atoms with Crippen LogP contribution in [0.1, 0.15) is 18.1 Å². The van der Waals surface area contributed by atoms with Crippen LogP contribution in [0.15, 0.2) is 41.8 Å². The van der Waals surface area contributed by atoms with E-state index in [-0.39, 0.29) is 5.82 Å². The third-order valence-corrected chi connectivity index (χ3v) is 4.87. The van der Waals surface area contributed by atoms with Gasteiger partial charge in [0.25, 0.3) is 0 Å². The number of aryl methyl sites for hydroxylation is 2. The molecule has 3 aromatic rings. The highest BCUT2D eigenvalue weighted by molar-refractivity contribution is 7.99. The number of aromatic nitrogens is 5. The van der Waals surface area contributed by atoms with E-state index in [4.69, 9.17) is 5.73 Å². The van der Waals surface area contributed by atoms with Gasteiger partial charge in [-0.05, 0) is 44.2 Å². The van der Waals surface area contributed by atoms with Crippen LogP contribution in [0, 0.1) is 12.7 Å². The molecule has 6 nitrogen and oxygen atoms in total. The van der Waals surface area contributed by atoms with E-state index in [0.29, 0.717) is 13.0 Å². The maximum absolute atomic E-state index is 13.2. The van der Waals surface area contributed by atoms with Gasteiger partial charge in [0.15, 0.2) is 5.16 Å². The summed E-state index contributed by atoms with van der Waals surface area (Å²) in [6, 6.07) is 6.35. The van der Waals surface area contributed by atoms with Gasteiger partial charge in [0.2, 0.25) is 0 Å². The van der Waals surface area contributed by atoms with Crippen LogP contribution in [0.5, 0.6) is 0 Å². The molecule has 0 radical (unpaired) electrons.